The van der Waals surface area contributed by atoms with Crippen molar-refractivity contribution in [3.8, 4) is 0 Å². The number of benzene rings is 2. The molecule has 0 saturated carbocycles. The Morgan fingerprint density at radius 2 is 1.62 bits per heavy atom. The number of nitrogens with zero attached hydrogens (tertiary/aromatic N) is 1. The van der Waals surface area contributed by atoms with E-state index in [0.29, 0.717) is 29.0 Å². The summed E-state index contributed by atoms with van der Waals surface area (Å²) in [5.74, 6) is -0.639. The molecule has 0 aliphatic rings. The van der Waals surface area contributed by atoms with E-state index in [2.05, 4.69) is 10.6 Å². The Bertz CT molecular complexity index is 972. The minimum absolute atomic E-state index is 0.0233. The Morgan fingerprint density at radius 1 is 1.00 bits per heavy atom. The van der Waals surface area contributed by atoms with Gasteiger partial charge in [-0.25, -0.2) is 8.42 Å². The molecule has 0 unspecified atom stereocenters. The van der Waals surface area contributed by atoms with Crippen molar-refractivity contribution in [1.29, 1.82) is 0 Å². The van der Waals surface area contributed by atoms with E-state index in [9.17, 15) is 18.0 Å². The molecule has 0 spiro atoms. The molecule has 2 N–H and O–H groups in total. The summed E-state index contributed by atoms with van der Waals surface area (Å²) < 4.78 is 24.9. The third kappa shape index (κ3) is 5.80. The number of hydrogen-bond donors (Lipinski definition) is 2. The predicted molar refractivity (Wildman–Crippen MR) is 116 cm³/mol. The Balaban J connectivity index is 2.20. The van der Waals surface area contributed by atoms with Crippen LogP contribution in [0.1, 0.15) is 47.9 Å². The zero-order valence-corrected chi connectivity index (χ0v) is 17.9. The van der Waals surface area contributed by atoms with Gasteiger partial charge in [-0.3, -0.25) is 13.9 Å². The first kappa shape index (κ1) is 22.4. The van der Waals surface area contributed by atoms with Crippen molar-refractivity contribution in [3.05, 3.63) is 59.7 Å². The van der Waals surface area contributed by atoms with E-state index < -0.39 is 10.0 Å². The number of para-hydroxylation sites is 1. The molecule has 8 heteroatoms. The monoisotopic (exact) mass is 417 g/mol. The number of anilines is 2. The zero-order chi connectivity index (χ0) is 21.6. The van der Waals surface area contributed by atoms with E-state index in [4.69, 9.17) is 0 Å². The van der Waals surface area contributed by atoms with Gasteiger partial charge in [-0.1, -0.05) is 19.1 Å². The van der Waals surface area contributed by atoms with E-state index >= 15 is 0 Å². The van der Waals surface area contributed by atoms with Gasteiger partial charge < -0.3 is 10.6 Å². The van der Waals surface area contributed by atoms with Gasteiger partial charge in [0.25, 0.3) is 11.8 Å². The van der Waals surface area contributed by atoms with Crippen molar-refractivity contribution in [2.75, 3.05) is 22.4 Å². The second kappa shape index (κ2) is 9.56. The highest BCUT2D eigenvalue weighted by Crippen LogP contribution is 2.20. The van der Waals surface area contributed by atoms with Gasteiger partial charge in [0.1, 0.15) is 0 Å². The molecule has 1 atom stereocenters. The average Bonchev–Trinajstić information content (AvgIpc) is 2.68. The molecule has 0 aromatic heterocycles. The maximum Gasteiger partial charge on any atom is 0.255 e. The first-order valence-electron chi connectivity index (χ1n) is 9.46. The highest BCUT2D eigenvalue weighted by atomic mass is 32.2. The summed E-state index contributed by atoms with van der Waals surface area (Å²) in [4.78, 5) is 25.1. The summed E-state index contributed by atoms with van der Waals surface area (Å²) in [6, 6.07) is 13.1. The number of sulfonamides is 1. The standard InChI is InChI=1S/C21H27N3O4S/c1-5-15(3)22-21(26)18-9-7-8-10-19(18)23-20(25)16-11-13-17(14-12-16)24(6-2)29(4,27)28/h7-15H,5-6H2,1-4H3,(H,22,26)(H,23,25)/t15-/m0/s1. The summed E-state index contributed by atoms with van der Waals surface area (Å²) in [6.07, 6.45) is 1.94. The quantitative estimate of drug-likeness (QED) is 0.689. The molecule has 29 heavy (non-hydrogen) atoms. The Kier molecular flexibility index (Phi) is 7.39. The number of rotatable bonds is 8. The molecular weight excluding hydrogens is 390 g/mol. The smallest absolute Gasteiger partial charge is 0.255 e. The van der Waals surface area contributed by atoms with Gasteiger partial charge in [-0.2, -0.15) is 0 Å². The Hall–Kier alpha value is -2.87. The zero-order valence-electron chi connectivity index (χ0n) is 17.1. The first-order chi connectivity index (χ1) is 13.7. The van der Waals surface area contributed by atoms with Crippen LogP contribution in [0.5, 0.6) is 0 Å². The maximum absolute atomic E-state index is 12.6. The van der Waals surface area contributed by atoms with Gasteiger partial charge in [-0.15, -0.1) is 0 Å². The molecule has 2 rings (SSSR count). The van der Waals surface area contributed by atoms with Crippen LogP contribution in [0.4, 0.5) is 11.4 Å². The van der Waals surface area contributed by atoms with Gasteiger partial charge in [-0.05, 0) is 56.7 Å². The second-order valence-electron chi connectivity index (χ2n) is 6.76. The number of hydrogen-bond acceptors (Lipinski definition) is 4. The van der Waals surface area contributed by atoms with Crippen molar-refractivity contribution in [3.63, 3.8) is 0 Å². The fourth-order valence-electron chi connectivity index (χ4n) is 2.78. The van der Waals surface area contributed by atoms with Gasteiger partial charge in [0.05, 0.1) is 23.2 Å². The lowest BCUT2D eigenvalue weighted by Crippen LogP contribution is -2.32. The second-order valence-corrected chi connectivity index (χ2v) is 8.66. The van der Waals surface area contributed by atoms with E-state index in [1.165, 1.54) is 4.31 Å². The Morgan fingerprint density at radius 3 is 2.17 bits per heavy atom. The van der Waals surface area contributed by atoms with E-state index in [0.717, 1.165) is 12.7 Å². The van der Waals surface area contributed by atoms with Crippen LogP contribution in [0.25, 0.3) is 0 Å². The van der Waals surface area contributed by atoms with Crippen LogP contribution in [0.2, 0.25) is 0 Å². The number of carbonyl (C=O) groups excluding carboxylic acids is 2. The number of amides is 2. The molecule has 0 fully saturated rings. The summed E-state index contributed by atoms with van der Waals surface area (Å²) in [7, 11) is -3.39. The SMILES string of the molecule is CC[C@H](C)NC(=O)c1ccccc1NC(=O)c1ccc(N(CC)S(C)(=O)=O)cc1. The van der Waals surface area contributed by atoms with Gasteiger partial charge in [0, 0.05) is 18.2 Å². The summed E-state index contributed by atoms with van der Waals surface area (Å²) in [5.41, 5.74) is 1.64. The first-order valence-corrected chi connectivity index (χ1v) is 11.3. The van der Waals surface area contributed by atoms with Crippen LogP contribution < -0.4 is 14.9 Å². The van der Waals surface area contributed by atoms with Crippen molar-refractivity contribution in [1.82, 2.24) is 5.32 Å². The average molecular weight is 418 g/mol. The van der Waals surface area contributed by atoms with Crippen LogP contribution in [0.3, 0.4) is 0 Å². The lowest BCUT2D eigenvalue weighted by Gasteiger charge is -2.20. The van der Waals surface area contributed by atoms with Gasteiger partial charge in [0.2, 0.25) is 10.0 Å². The third-order valence-electron chi connectivity index (χ3n) is 4.51. The van der Waals surface area contributed by atoms with Crippen LogP contribution in [0, 0.1) is 0 Å². The number of carbonyl (C=O) groups is 2. The normalized spacial score (nSPS) is 12.1. The molecule has 0 aliphatic carbocycles. The lowest BCUT2D eigenvalue weighted by molar-refractivity contribution is 0.0940. The number of nitrogens with one attached hydrogen (secondary N) is 2. The van der Waals surface area contributed by atoms with Crippen molar-refractivity contribution < 1.29 is 18.0 Å². The fourth-order valence-corrected chi connectivity index (χ4v) is 3.75. The van der Waals surface area contributed by atoms with Crippen LogP contribution in [-0.4, -0.2) is 39.1 Å². The fraction of sp³-hybridized carbons (Fsp3) is 0.333. The van der Waals surface area contributed by atoms with Crippen molar-refractivity contribution >= 4 is 33.2 Å². The largest absolute Gasteiger partial charge is 0.350 e. The van der Waals surface area contributed by atoms with E-state index in [1.807, 2.05) is 13.8 Å². The maximum atomic E-state index is 12.6. The molecule has 7 nitrogen and oxygen atoms in total. The molecule has 0 radical (unpaired) electrons. The highest BCUT2D eigenvalue weighted by Gasteiger charge is 2.17. The lowest BCUT2D eigenvalue weighted by atomic mass is 10.1. The summed E-state index contributed by atoms with van der Waals surface area (Å²) in [6.45, 7) is 5.93. The molecule has 156 valence electrons. The summed E-state index contributed by atoms with van der Waals surface area (Å²) >= 11 is 0. The molecule has 0 bridgehead atoms. The Labute approximate surface area is 172 Å². The molecule has 0 saturated heterocycles. The third-order valence-corrected chi connectivity index (χ3v) is 5.78. The van der Waals surface area contributed by atoms with Crippen LogP contribution >= 0.6 is 0 Å². The minimum atomic E-state index is -3.39. The molecule has 2 amide bonds. The van der Waals surface area contributed by atoms with Gasteiger partial charge >= 0.3 is 0 Å². The highest BCUT2D eigenvalue weighted by molar-refractivity contribution is 7.92. The van der Waals surface area contributed by atoms with Crippen molar-refractivity contribution in [2.45, 2.75) is 33.2 Å². The molecule has 0 heterocycles. The van der Waals surface area contributed by atoms with Gasteiger partial charge in [0.15, 0.2) is 0 Å². The minimum Gasteiger partial charge on any atom is -0.350 e. The van der Waals surface area contributed by atoms with E-state index in [1.54, 1.807) is 55.5 Å². The predicted octanol–water partition coefficient (Wildman–Crippen LogP) is 3.25. The molecule has 2 aromatic rings. The topological polar surface area (TPSA) is 95.6 Å². The summed E-state index contributed by atoms with van der Waals surface area (Å²) in [5, 5.41) is 5.65. The van der Waals surface area contributed by atoms with Crippen molar-refractivity contribution in [2.24, 2.45) is 0 Å². The molecular formula is C21H27N3O4S. The molecule has 2 aromatic carbocycles. The van der Waals surface area contributed by atoms with Crippen LogP contribution in [-0.2, 0) is 10.0 Å². The van der Waals surface area contributed by atoms with E-state index in [-0.39, 0.29) is 17.9 Å². The molecule has 0 aliphatic heterocycles. The van der Waals surface area contributed by atoms with Crippen LogP contribution in [0.15, 0.2) is 48.5 Å².